The van der Waals surface area contributed by atoms with E-state index in [-0.39, 0.29) is 5.91 Å². The maximum atomic E-state index is 11.5. The Bertz CT molecular complexity index is 406. The van der Waals surface area contributed by atoms with Gasteiger partial charge in [0.25, 0.3) is 0 Å². The van der Waals surface area contributed by atoms with Crippen molar-refractivity contribution in [1.82, 2.24) is 0 Å². The van der Waals surface area contributed by atoms with E-state index in [1.54, 1.807) is 4.90 Å². The Kier molecular flexibility index (Phi) is 2.61. The molecule has 4 heteroatoms. The minimum atomic E-state index is 0.163. The van der Waals surface area contributed by atoms with E-state index < -0.39 is 0 Å². The molecule has 0 N–H and O–H groups in total. The predicted molar refractivity (Wildman–Crippen MR) is 65.8 cm³/mol. The summed E-state index contributed by atoms with van der Waals surface area (Å²) < 4.78 is 0. The molecule has 80 valence electrons. The first-order valence-electron chi connectivity index (χ1n) is 4.85. The summed E-state index contributed by atoms with van der Waals surface area (Å²) in [6, 6.07) is 6.08. The largest absolute Gasteiger partial charge is 0.366 e. The molecule has 0 radical (unpaired) electrons. The number of carbonyl (C=O) groups excluding carboxylic acids is 1. The number of rotatable bonds is 2. The summed E-state index contributed by atoms with van der Waals surface area (Å²) in [5.74, 6) is 0.832. The van der Waals surface area contributed by atoms with Crippen LogP contribution in [0.2, 0.25) is 0 Å². The highest BCUT2D eigenvalue weighted by molar-refractivity contribution is 7.80. The topological polar surface area (TPSA) is 23.6 Å². The number of likely N-dealkylation sites (N-methyl/N-ethyl adjacent to an activating group) is 1. The highest BCUT2D eigenvalue weighted by Crippen LogP contribution is 2.30. The van der Waals surface area contributed by atoms with E-state index in [1.165, 1.54) is 0 Å². The third-order valence-corrected chi connectivity index (χ3v) is 3.22. The maximum absolute atomic E-state index is 11.5. The van der Waals surface area contributed by atoms with Crippen molar-refractivity contribution in [3.8, 4) is 0 Å². The summed E-state index contributed by atoms with van der Waals surface area (Å²) >= 11 is 4.22. The zero-order valence-corrected chi connectivity index (χ0v) is 9.79. The molecular weight excluding hydrogens is 208 g/mol. The number of anilines is 2. The molecule has 1 aromatic rings. The third kappa shape index (κ3) is 1.69. The number of benzene rings is 1. The van der Waals surface area contributed by atoms with E-state index in [1.807, 2.05) is 31.1 Å². The smallest absolute Gasteiger partial charge is 0.231 e. The van der Waals surface area contributed by atoms with Crippen molar-refractivity contribution in [2.45, 2.75) is 6.42 Å². The number of thiol groups is 1. The van der Waals surface area contributed by atoms with Crippen LogP contribution in [0.25, 0.3) is 0 Å². The van der Waals surface area contributed by atoms with E-state index in [0.29, 0.717) is 12.3 Å². The lowest BCUT2D eigenvalue weighted by Gasteiger charge is -2.17. The Labute approximate surface area is 95.1 Å². The van der Waals surface area contributed by atoms with Gasteiger partial charge in [0, 0.05) is 25.5 Å². The molecule has 1 aliphatic rings. The van der Waals surface area contributed by atoms with Gasteiger partial charge in [0.15, 0.2) is 0 Å². The van der Waals surface area contributed by atoms with E-state index in [2.05, 4.69) is 18.7 Å². The summed E-state index contributed by atoms with van der Waals surface area (Å²) in [6.07, 6.45) is 0.514. The van der Waals surface area contributed by atoms with Gasteiger partial charge in [-0.2, -0.15) is 12.6 Å². The minimum Gasteiger partial charge on any atom is -0.366 e. The monoisotopic (exact) mass is 222 g/mol. The van der Waals surface area contributed by atoms with Crippen LogP contribution in [0.1, 0.15) is 5.56 Å². The Balaban J connectivity index is 2.37. The molecule has 0 saturated carbocycles. The van der Waals surface area contributed by atoms with Gasteiger partial charge in [-0.25, -0.2) is 0 Å². The Hall–Kier alpha value is -1.16. The van der Waals surface area contributed by atoms with Gasteiger partial charge < -0.3 is 9.80 Å². The molecule has 1 heterocycles. The number of amides is 1. The number of hydrogen-bond donors (Lipinski definition) is 1. The zero-order valence-electron chi connectivity index (χ0n) is 8.90. The standard InChI is InChI=1S/C11H14N2OS/c1-12(7-15)9-3-4-10-8(5-9)6-11(14)13(10)2/h3-5,15H,6-7H2,1-2H3. The molecule has 0 aromatic heterocycles. The predicted octanol–water partition coefficient (Wildman–Crippen LogP) is 1.53. The molecule has 0 fully saturated rings. The van der Waals surface area contributed by atoms with Crippen LogP contribution in [0, 0.1) is 0 Å². The highest BCUT2D eigenvalue weighted by atomic mass is 32.1. The maximum Gasteiger partial charge on any atom is 0.231 e. The van der Waals surface area contributed by atoms with E-state index >= 15 is 0 Å². The van der Waals surface area contributed by atoms with Crippen LogP contribution >= 0.6 is 12.6 Å². The fourth-order valence-corrected chi connectivity index (χ4v) is 1.94. The molecule has 0 atom stereocenters. The molecule has 15 heavy (non-hydrogen) atoms. The lowest BCUT2D eigenvalue weighted by Crippen LogP contribution is -2.20. The van der Waals surface area contributed by atoms with Crippen molar-refractivity contribution in [2.24, 2.45) is 0 Å². The minimum absolute atomic E-state index is 0.163. The summed E-state index contributed by atoms with van der Waals surface area (Å²) in [4.78, 5) is 15.2. The first-order chi connectivity index (χ1) is 7.13. The van der Waals surface area contributed by atoms with Gasteiger partial charge >= 0.3 is 0 Å². The van der Waals surface area contributed by atoms with Crippen LogP contribution in [0.4, 0.5) is 11.4 Å². The molecular formula is C11H14N2OS. The molecule has 0 aliphatic carbocycles. The Morgan fingerprint density at radius 1 is 1.53 bits per heavy atom. The first-order valence-corrected chi connectivity index (χ1v) is 5.48. The second kappa shape index (κ2) is 3.77. The summed E-state index contributed by atoms with van der Waals surface area (Å²) in [6.45, 7) is 0. The van der Waals surface area contributed by atoms with Gasteiger partial charge in [0.2, 0.25) is 5.91 Å². The first kappa shape index (κ1) is 10.4. The fraction of sp³-hybridized carbons (Fsp3) is 0.364. The van der Waals surface area contributed by atoms with Crippen LogP contribution in [0.15, 0.2) is 18.2 Å². The quantitative estimate of drug-likeness (QED) is 0.606. The highest BCUT2D eigenvalue weighted by Gasteiger charge is 2.23. The van der Waals surface area contributed by atoms with Gasteiger partial charge in [-0.3, -0.25) is 4.79 Å². The van der Waals surface area contributed by atoms with Crippen molar-refractivity contribution in [2.75, 3.05) is 29.8 Å². The summed E-state index contributed by atoms with van der Waals surface area (Å²) in [7, 11) is 3.80. The number of nitrogens with zero attached hydrogens (tertiary/aromatic N) is 2. The van der Waals surface area contributed by atoms with Gasteiger partial charge in [-0.15, -0.1) is 0 Å². The number of hydrogen-bond acceptors (Lipinski definition) is 3. The molecule has 0 spiro atoms. The van der Waals surface area contributed by atoms with E-state index in [0.717, 1.165) is 16.9 Å². The molecule has 0 saturated heterocycles. The number of carbonyl (C=O) groups is 1. The van der Waals surface area contributed by atoms with E-state index in [9.17, 15) is 4.79 Å². The Morgan fingerprint density at radius 3 is 2.93 bits per heavy atom. The normalized spacial score (nSPS) is 14.3. The van der Waals surface area contributed by atoms with Crippen molar-refractivity contribution in [3.63, 3.8) is 0 Å². The number of fused-ring (bicyclic) bond motifs is 1. The average Bonchev–Trinajstić information content (AvgIpc) is 2.53. The second-order valence-electron chi connectivity index (χ2n) is 3.78. The van der Waals surface area contributed by atoms with Crippen molar-refractivity contribution in [1.29, 1.82) is 0 Å². The SMILES string of the molecule is CN(CS)c1ccc2c(c1)CC(=O)N2C. The fourth-order valence-electron chi connectivity index (χ4n) is 1.78. The van der Waals surface area contributed by atoms with Gasteiger partial charge in [-0.05, 0) is 23.8 Å². The summed E-state index contributed by atoms with van der Waals surface area (Å²) in [5.41, 5.74) is 3.23. The molecule has 1 aliphatic heterocycles. The summed E-state index contributed by atoms with van der Waals surface area (Å²) in [5, 5.41) is 0. The second-order valence-corrected chi connectivity index (χ2v) is 4.06. The van der Waals surface area contributed by atoms with Crippen LogP contribution in [-0.2, 0) is 11.2 Å². The van der Waals surface area contributed by atoms with Gasteiger partial charge in [0.05, 0.1) is 12.3 Å². The lowest BCUT2D eigenvalue weighted by molar-refractivity contribution is -0.117. The average molecular weight is 222 g/mol. The van der Waals surface area contributed by atoms with Crippen molar-refractivity contribution < 1.29 is 4.79 Å². The van der Waals surface area contributed by atoms with E-state index in [4.69, 9.17) is 0 Å². The van der Waals surface area contributed by atoms with Crippen LogP contribution in [-0.4, -0.2) is 25.9 Å². The third-order valence-electron chi connectivity index (χ3n) is 2.79. The Morgan fingerprint density at radius 2 is 2.27 bits per heavy atom. The van der Waals surface area contributed by atoms with Gasteiger partial charge in [-0.1, -0.05) is 0 Å². The molecule has 1 amide bonds. The lowest BCUT2D eigenvalue weighted by atomic mass is 10.1. The van der Waals surface area contributed by atoms with Crippen molar-refractivity contribution >= 4 is 29.9 Å². The van der Waals surface area contributed by atoms with Crippen LogP contribution in [0.3, 0.4) is 0 Å². The molecule has 0 unspecified atom stereocenters. The van der Waals surface area contributed by atoms with Gasteiger partial charge in [0.1, 0.15) is 0 Å². The van der Waals surface area contributed by atoms with Crippen LogP contribution in [0.5, 0.6) is 0 Å². The molecule has 3 nitrogen and oxygen atoms in total. The van der Waals surface area contributed by atoms with Crippen LogP contribution < -0.4 is 9.80 Å². The van der Waals surface area contributed by atoms with Crippen molar-refractivity contribution in [3.05, 3.63) is 23.8 Å². The molecule has 0 bridgehead atoms. The zero-order chi connectivity index (χ0) is 11.0. The molecule has 1 aromatic carbocycles. The molecule has 2 rings (SSSR count).